The molecule has 1 saturated heterocycles. The van der Waals surface area contributed by atoms with Crippen LogP contribution in [0.2, 0.25) is 5.02 Å². The highest BCUT2D eigenvalue weighted by Gasteiger charge is 2.10. The number of benzene rings is 2. The molecule has 0 aromatic heterocycles. The number of carbonyl (C=O) groups excluding carboxylic acids is 1. The maximum atomic E-state index is 12.0. The van der Waals surface area contributed by atoms with E-state index >= 15 is 0 Å². The predicted molar refractivity (Wildman–Crippen MR) is 105 cm³/mol. The lowest BCUT2D eigenvalue weighted by atomic mass is 10.1. The minimum Gasteiger partial charge on any atom is -0.323 e. The third-order valence-electron chi connectivity index (χ3n) is 4.40. The lowest BCUT2D eigenvalue weighted by Crippen LogP contribution is -2.29. The van der Waals surface area contributed by atoms with E-state index in [1.54, 1.807) is 12.1 Å². The van der Waals surface area contributed by atoms with E-state index in [4.69, 9.17) is 11.6 Å². The number of anilines is 1. The molecule has 1 amide bonds. The molecule has 0 unspecified atom stereocenters. The molecule has 0 aliphatic carbocycles. The van der Waals surface area contributed by atoms with Crippen molar-refractivity contribution in [2.75, 3.05) is 18.4 Å². The number of carbonyl (C=O) groups is 1. The van der Waals surface area contributed by atoms with Crippen molar-refractivity contribution in [2.24, 2.45) is 0 Å². The number of likely N-dealkylation sites (tertiary alicyclic amines) is 1. The van der Waals surface area contributed by atoms with Crippen molar-refractivity contribution in [3.05, 3.63) is 70.8 Å². The lowest BCUT2D eigenvalue weighted by molar-refractivity contribution is -0.111. The Morgan fingerprint density at radius 1 is 1.04 bits per heavy atom. The van der Waals surface area contributed by atoms with Crippen molar-refractivity contribution in [1.82, 2.24) is 4.90 Å². The molecule has 0 spiro atoms. The Balaban J connectivity index is 1.54. The normalized spacial score (nSPS) is 15.4. The second kappa shape index (κ2) is 8.84. The van der Waals surface area contributed by atoms with Crippen LogP contribution < -0.4 is 5.32 Å². The molecule has 1 aliphatic heterocycles. The Kier molecular flexibility index (Phi) is 6.26. The van der Waals surface area contributed by atoms with Crippen molar-refractivity contribution in [2.45, 2.75) is 25.8 Å². The minimum atomic E-state index is -0.163. The predicted octanol–water partition coefficient (Wildman–Crippen LogP) is 4.98. The molecular weight excluding hydrogens is 332 g/mol. The fourth-order valence-electron chi connectivity index (χ4n) is 3.03. The summed E-state index contributed by atoms with van der Waals surface area (Å²) in [7, 11) is 0. The topological polar surface area (TPSA) is 32.3 Å². The highest BCUT2D eigenvalue weighted by Crippen LogP contribution is 2.17. The number of nitrogens with zero attached hydrogens (tertiary/aromatic N) is 1. The Bertz CT molecular complexity index is 734. The highest BCUT2D eigenvalue weighted by atomic mass is 35.5. The molecule has 0 bridgehead atoms. The van der Waals surface area contributed by atoms with Gasteiger partial charge in [0.15, 0.2) is 0 Å². The van der Waals surface area contributed by atoms with E-state index < -0.39 is 0 Å². The van der Waals surface area contributed by atoms with Crippen LogP contribution in [0.15, 0.2) is 54.6 Å². The Hall–Kier alpha value is -2.10. The quantitative estimate of drug-likeness (QED) is 0.768. The monoisotopic (exact) mass is 354 g/mol. The zero-order chi connectivity index (χ0) is 17.5. The van der Waals surface area contributed by atoms with Gasteiger partial charge in [-0.05, 0) is 61.3 Å². The molecule has 25 heavy (non-hydrogen) atoms. The van der Waals surface area contributed by atoms with E-state index in [9.17, 15) is 4.79 Å². The second-order valence-electron chi connectivity index (χ2n) is 6.38. The summed E-state index contributed by atoms with van der Waals surface area (Å²) < 4.78 is 0. The molecule has 3 rings (SSSR count). The van der Waals surface area contributed by atoms with Crippen LogP contribution in [0.3, 0.4) is 0 Å². The number of rotatable bonds is 5. The Labute approximate surface area is 154 Å². The molecule has 2 aromatic carbocycles. The van der Waals surface area contributed by atoms with Gasteiger partial charge in [0, 0.05) is 23.3 Å². The van der Waals surface area contributed by atoms with Crippen LogP contribution in [-0.2, 0) is 11.3 Å². The molecule has 1 N–H and O–H groups in total. The van der Waals surface area contributed by atoms with Gasteiger partial charge >= 0.3 is 0 Å². The SMILES string of the molecule is O=C(/C=C/c1ccccc1Cl)Nc1ccc(CN2CCCCC2)cc1. The van der Waals surface area contributed by atoms with E-state index in [1.165, 1.54) is 44.0 Å². The van der Waals surface area contributed by atoms with Gasteiger partial charge in [-0.2, -0.15) is 0 Å². The first-order chi connectivity index (χ1) is 12.2. The van der Waals surface area contributed by atoms with Gasteiger partial charge in [0.1, 0.15) is 0 Å². The molecule has 4 heteroatoms. The molecule has 1 fully saturated rings. The summed E-state index contributed by atoms with van der Waals surface area (Å²) >= 11 is 6.08. The molecule has 0 atom stereocenters. The summed E-state index contributed by atoms with van der Waals surface area (Å²) in [5, 5.41) is 3.51. The number of amides is 1. The van der Waals surface area contributed by atoms with E-state index in [-0.39, 0.29) is 5.91 Å². The first-order valence-corrected chi connectivity index (χ1v) is 9.13. The number of nitrogens with one attached hydrogen (secondary N) is 1. The van der Waals surface area contributed by atoms with Crippen molar-refractivity contribution in [3.8, 4) is 0 Å². The maximum Gasteiger partial charge on any atom is 0.248 e. The summed E-state index contributed by atoms with van der Waals surface area (Å²) in [5.41, 5.74) is 2.92. The average Bonchev–Trinajstić information content (AvgIpc) is 2.64. The van der Waals surface area contributed by atoms with Crippen molar-refractivity contribution in [3.63, 3.8) is 0 Å². The van der Waals surface area contributed by atoms with E-state index in [2.05, 4.69) is 22.3 Å². The third-order valence-corrected chi connectivity index (χ3v) is 4.74. The van der Waals surface area contributed by atoms with E-state index in [0.29, 0.717) is 5.02 Å². The van der Waals surface area contributed by atoms with Crippen LogP contribution in [0, 0.1) is 0 Å². The van der Waals surface area contributed by atoms with Crippen LogP contribution in [0.5, 0.6) is 0 Å². The summed E-state index contributed by atoms with van der Waals surface area (Å²) in [4.78, 5) is 14.5. The van der Waals surface area contributed by atoms with Crippen LogP contribution >= 0.6 is 11.6 Å². The summed E-state index contributed by atoms with van der Waals surface area (Å²) in [6.45, 7) is 3.36. The summed E-state index contributed by atoms with van der Waals surface area (Å²) in [6.07, 6.45) is 7.17. The van der Waals surface area contributed by atoms with Crippen molar-refractivity contribution >= 4 is 29.3 Å². The van der Waals surface area contributed by atoms with E-state index in [0.717, 1.165) is 17.8 Å². The van der Waals surface area contributed by atoms with Gasteiger partial charge in [0.2, 0.25) is 5.91 Å². The first-order valence-electron chi connectivity index (χ1n) is 8.75. The number of hydrogen-bond donors (Lipinski definition) is 1. The van der Waals surface area contributed by atoms with Gasteiger partial charge in [-0.15, -0.1) is 0 Å². The molecule has 1 heterocycles. The standard InChI is InChI=1S/C21H23ClN2O/c22-20-7-3-2-6-18(20)10-13-21(25)23-19-11-8-17(9-12-19)16-24-14-4-1-5-15-24/h2-3,6-13H,1,4-5,14-16H2,(H,23,25)/b13-10+. The van der Waals surface area contributed by atoms with Gasteiger partial charge in [0.05, 0.1) is 0 Å². The van der Waals surface area contributed by atoms with Gasteiger partial charge in [0.25, 0.3) is 0 Å². The third kappa shape index (κ3) is 5.45. The molecule has 130 valence electrons. The fourth-order valence-corrected chi connectivity index (χ4v) is 3.23. The molecule has 2 aromatic rings. The van der Waals surface area contributed by atoms with Crippen LogP contribution in [0.25, 0.3) is 6.08 Å². The highest BCUT2D eigenvalue weighted by molar-refractivity contribution is 6.32. The zero-order valence-electron chi connectivity index (χ0n) is 14.2. The maximum absolute atomic E-state index is 12.0. The molecular formula is C21H23ClN2O. The van der Waals surface area contributed by atoms with Gasteiger partial charge in [-0.1, -0.05) is 48.4 Å². The second-order valence-corrected chi connectivity index (χ2v) is 6.79. The average molecular weight is 355 g/mol. The number of halogens is 1. The number of piperidine rings is 1. The summed E-state index contributed by atoms with van der Waals surface area (Å²) in [6, 6.07) is 15.5. The fraction of sp³-hybridized carbons (Fsp3) is 0.286. The van der Waals surface area contributed by atoms with E-state index in [1.807, 2.05) is 30.3 Å². The molecule has 1 aliphatic rings. The summed E-state index contributed by atoms with van der Waals surface area (Å²) in [5.74, 6) is -0.163. The largest absolute Gasteiger partial charge is 0.323 e. The number of hydrogen-bond acceptors (Lipinski definition) is 2. The van der Waals surface area contributed by atoms with Gasteiger partial charge in [-0.25, -0.2) is 0 Å². The van der Waals surface area contributed by atoms with Crippen LogP contribution in [0.1, 0.15) is 30.4 Å². The Morgan fingerprint density at radius 2 is 1.76 bits per heavy atom. The Morgan fingerprint density at radius 3 is 2.48 bits per heavy atom. The van der Waals surface area contributed by atoms with Crippen molar-refractivity contribution in [1.29, 1.82) is 0 Å². The first kappa shape index (κ1) is 17.7. The zero-order valence-corrected chi connectivity index (χ0v) is 15.0. The van der Waals surface area contributed by atoms with Gasteiger partial charge in [-0.3, -0.25) is 9.69 Å². The smallest absolute Gasteiger partial charge is 0.248 e. The molecule has 0 radical (unpaired) electrons. The van der Waals surface area contributed by atoms with Gasteiger partial charge < -0.3 is 5.32 Å². The minimum absolute atomic E-state index is 0.163. The van der Waals surface area contributed by atoms with Crippen LogP contribution in [0.4, 0.5) is 5.69 Å². The molecule has 0 saturated carbocycles. The lowest BCUT2D eigenvalue weighted by Gasteiger charge is -2.26. The van der Waals surface area contributed by atoms with Crippen molar-refractivity contribution < 1.29 is 4.79 Å². The molecule has 3 nitrogen and oxygen atoms in total. The van der Waals surface area contributed by atoms with Crippen LogP contribution in [-0.4, -0.2) is 23.9 Å².